The number of nitrogens with one attached hydrogen (secondary N) is 1. The van der Waals surface area contributed by atoms with Gasteiger partial charge in [0.05, 0.1) is 7.11 Å². The molecule has 2 saturated heterocycles. The van der Waals surface area contributed by atoms with Gasteiger partial charge in [0.15, 0.2) is 0 Å². The number of nitrogens with zero attached hydrogens (tertiary/aromatic N) is 1. The molecule has 5 rings (SSSR count). The van der Waals surface area contributed by atoms with Crippen molar-refractivity contribution in [3.05, 3.63) is 54.3 Å². The molecule has 2 aliphatic rings. The van der Waals surface area contributed by atoms with Crippen LogP contribution >= 0.6 is 12.4 Å². The molecule has 6 heteroatoms. The van der Waals surface area contributed by atoms with Gasteiger partial charge >= 0.3 is 0 Å². The van der Waals surface area contributed by atoms with Crippen LogP contribution in [-0.2, 0) is 0 Å². The number of halogens is 1. The van der Waals surface area contributed by atoms with Gasteiger partial charge in [0.2, 0.25) is 5.76 Å². The summed E-state index contributed by atoms with van der Waals surface area (Å²) < 4.78 is 11.5. The molecule has 1 amide bonds. The number of benzene rings is 2. The van der Waals surface area contributed by atoms with E-state index in [0.29, 0.717) is 23.4 Å². The summed E-state index contributed by atoms with van der Waals surface area (Å²) in [5, 5.41) is 4.57. The molecule has 3 aromatic rings. The molecule has 5 nitrogen and oxygen atoms in total. The van der Waals surface area contributed by atoms with Crippen molar-refractivity contribution in [3.8, 4) is 16.9 Å². The van der Waals surface area contributed by atoms with Crippen molar-refractivity contribution in [1.29, 1.82) is 0 Å². The fourth-order valence-corrected chi connectivity index (χ4v) is 4.52. The molecular formula is C23H25ClN2O3. The maximum absolute atomic E-state index is 13.5. The van der Waals surface area contributed by atoms with Crippen LogP contribution in [0.5, 0.6) is 5.75 Å². The van der Waals surface area contributed by atoms with E-state index in [1.807, 2.05) is 53.4 Å². The number of amides is 1. The van der Waals surface area contributed by atoms with E-state index in [4.69, 9.17) is 9.15 Å². The molecule has 2 aromatic carbocycles. The van der Waals surface area contributed by atoms with Crippen molar-refractivity contribution >= 4 is 29.3 Å². The predicted octanol–water partition coefficient (Wildman–Crippen LogP) is 4.50. The van der Waals surface area contributed by atoms with E-state index >= 15 is 0 Å². The standard InChI is InChI=1S/C23H24N2O3.ClH/c1-27-18-9-10-19-20(13-18)28-22(21(19)15-5-3-2-4-6-15)23(26)25-12-11-16-7-8-17(14-25)24-16;/h2-6,9-10,13,16-17,24H,7-8,11-12,14H2,1H3;1H. The lowest BCUT2D eigenvalue weighted by Gasteiger charge is -2.23. The molecule has 2 fully saturated rings. The van der Waals surface area contributed by atoms with E-state index in [1.165, 1.54) is 6.42 Å². The van der Waals surface area contributed by atoms with Gasteiger partial charge < -0.3 is 19.4 Å². The largest absolute Gasteiger partial charge is 0.497 e. The Hall–Kier alpha value is -2.50. The summed E-state index contributed by atoms with van der Waals surface area (Å²) in [4.78, 5) is 15.5. The zero-order valence-electron chi connectivity index (χ0n) is 16.4. The Balaban J connectivity index is 0.00000205. The number of hydrogen-bond acceptors (Lipinski definition) is 4. The summed E-state index contributed by atoms with van der Waals surface area (Å²) >= 11 is 0. The smallest absolute Gasteiger partial charge is 0.290 e. The molecule has 1 aromatic heterocycles. The molecule has 3 heterocycles. The molecule has 2 atom stereocenters. The lowest BCUT2D eigenvalue weighted by molar-refractivity contribution is 0.0719. The van der Waals surface area contributed by atoms with Crippen LogP contribution < -0.4 is 10.1 Å². The maximum atomic E-state index is 13.5. The van der Waals surface area contributed by atoms with Crippen LogP contribution in [0.1, 0.15) is 29.8 Å². The summed E-state index contributed by atoms with van der Waals surface area (Å²) in [7, 11) is 1.63. The van der Waals surface area contributed by atoms with Gasteiger partial charge in [0.1, 0.15) is 11.3 Å². The third-order valence-corrected chi connectivity index (χ3v) is 5.96. The minimum atomic E-state index is -0.0247. The second-order valence-corrected chi connectivity index (χ2v) is 7.71. The lowest BCUT2D eigenvalue weighted by atomic mass is 10.0. The summed E-state index contributed by atoms with van der Waals surface area (Å²) in [6, 6.07) is 16.7. The number of carbonyl (C=O) groups is 1. The highest BCUT2D eigenvalue weighted by Crippen LogP contribution is 2.37. The summed E-state index contributed by atoms with van der Waals surface area (Å²) in [6.07, 6.45) is 3.35. The van der Waals surface area contributed by atoms with Crippen molar-refractivity contribution in [2.24, 2.45) is 0 Å². The van der Waals surface area contributed by atoms with Crippen molar-refractivity contribution in [2.45, 2.75) is 31.3 Å². The Morgan fingerprint density at radius 1 is 1.10 bits per heavy atom. The van der Waals surface area contributed by atoms with Crippen LogP contribution in [0.2, 0.25) is 0 Å². The second-order valence-electron chi connectivity index (χ2n) is 7.71. The first-order chi connectivity index (χ1) is 13.7. The molecule has 0 saturated carbocycles. The predicted molar refractivity (Wildman–Crippen MR) is 116 cm³/mol. The third kappa shape index (κ3) is 3.61. The number of hydrogen-bond donors (Lipinski definition) is 1. The van der Waals surface area contributed by atoms with E-state index in [1.54, 1.807) is 7.11 Å². The first-order valence-corrected chi connectivity index (χ1v) is 9.94. The van der Waals surface area contributed by atoms with Crippen LogP contribution in [0.25, 0.3) is 22.1 Å². The SMILES string of the molecule is COc1ccc2c(-c3ccccc3)c(C(=O)N3CCC4CCC(C3)N4)oc2c1.Cl. The Morgan fingerprint density at radius 2 is 1.90 bits per heavy atom. The molecule has 2 aliphatic heterocycles. The van der Waals surface area contributed by atoms with Crippen molar-refractivity contribution < 1.29 is 13.9 Å². The van der Waals surface area contributed by atoms with Gasteiger partial charge in [-0.3, -0.25) is 4.79 Å². The number of fused-ring (bicyclic) bond motifs is 3. The average Bonchev–Trinajstić information content (AvgIpc) is 3.27. The highest BCUT2D eigenvalue weighted by molar-refractivity contribution is 6.08. The van der Waals surface area contributed by atoms with Gasteiger partial charge in [-0.2, -0.15) is 0 Å². The minimum Gasteiger partial charge on any atom is -0.497 e. The zero-order chi connectivity index (χ0) is 19.1. The number of likely N-dealkylation sites (tertiary alicyclic amines) is 1. The minimum absolute atomic E-state index is 0. The monoisotopic (exact) mass is 412 g/mol. The molecule has 29 heavy (non-hydrogen) atoms. The first kappa shape index (κ1) is 19.8. The van der Waals surface area contributed by atoms with E-state index in [0.717, 1.165) is 48.2 Å². The molecule has 152 valence electrons. The molecular weight excluding hydrogens is 388 g/mol. The fraction of sp³-hybridized carbons (Fsp3) is 0.348. The van der Waals surface area contributed by atoms with E-state index < -0.39 is 0 Å². The zero-order valence-corrected chi connectivity index (χ0v) is 17.2. The van der Waals surface area contributed by atoms with E-state index in [2.05, 4.69) is 5.32 Å². The highest BCUT2D eigenvalue weighted by atomic mass is 35.5. The molecule has 2 bridgehead atoms. The number of rotatable bonds is 3. The van der Waals surface area contributed by atoms with Gasteiger partial charge in [-0.05, 0) is 37.0 Å². The lowest BCUT2D eigenvalue weighted by Crippen LogP contribution is -2.39. The quantitative estimate of drug-likeness (QED) is 0.688. The average molecular weight is 413 g/mol. The van der Waals surface area contributed by atoms with Gasteiger partial charge in [0.25, 0.3) is 5.91 Å². The Labute approximate surface area is 176 Å². The number of ether oxygens (including phenoxy) is 1. The molecule has 0 aliphatic carbocycles. The van der Waals surface area contributed by atoms with Crippen LogP contribution in [-0.4, -0.2) is 43.1 Å². The number of furan rings is 1. The van der Waals surface area contributed by atoms with Gasteiger partial charge in [-0.25, -0.2) is 0 Å². The molecule has 1 N–H and O–H groups in total. The Morgan fingerprint density at radius 3 is 2.69 bits per heavy atom. The first-order valence-electron chi connectivity index (χ1n) is 9.94. The number of methoxy groups -OCH3 is 1. The van der Waals surface area contributed by atoms with Crippen LogP contribution in [0.15, 0.2) is 52.9 Å². The summed E-state index contributed by atoms with van der Waals surface area (Å²) in [6.45, 7) is 1.51. The normalized spacial score (nSPS) is 20.9. The van der Waals surface area contributed by atoms with Crippen molar-refractivity contribution in [1.82, 2.24) is 10.2 Å². The van der Waals surface area contributed by atoms with Crippen molar-refractivity contribution in [3.63, 3.8) is 0 Å². The highest BCUT2D eigenvalue weighted by Gasteiger charge is 2.34. The van der Waals surface area contributed by atoms with Gasteiger partial charge in [0, 0.05) is 42.2 Å². The summed E-state index contributed by atoms with van der Waals surface area (Å²) in [5.41, 5.74) is 2.53. The van der Waals surface area contributed by atoms with E-state index in [-0.39, 0.29) is 18.3 Å². The number of carbonyl (C=O) groups excluding carboxylic acids is 1. The van der Waals surface area contributed by atoms with Crippen LogP contribution in [0.3, 0.4) is 0 Å². The van der Waals surface area contributed by atoms with Gasteiger partial charge in [-0.15, -0.1) is 12.4 Å². The fourth-order valence-electron chi connectivity index (χ4n) is 4.52. The topological polar surface area (TPSA) is 54.7 Å². The van der Waals surface area contributed by atoms with Gasteiger partial charge in [-0.1, -0.05) is 30.3 Å². The second kappa shape index (κ2) is 8.09. The van der Waals surface area contributed by atoms with Crippen LogP contribution in [0, 0.1) is 0 Å². The van der Waals surface area contributed by atoms with E-state index in [9.17, 15) is 4.79 Å². The Bertz CT molecular complexity index is 1020. The maximum Gasteiger partial charge on any atom is 0.290 e. The Kier molecular flexibility index (Phi) is 5.52. The molecule has 0 radical (unpaired) electrons. The third-order valence-electron chi connectivity index (χ3n) is 5.96. The molecule has 2 unspecified atom stereocenters. The van der Waals surface area contributed by atoms with Crippen LogP contribution in [0.4, 0.5) is 0 Å². The molecule has 0 spiro atoms. The summed E-state index contributed by atoms with van der Waals surface area (Å²) in [5.74, 6) is 1.12. The van der Waals surface area contributed by atoms with Crippen molar-refractivity contribution in [2.75, 3.05) is 20.2 Å².